The number of hydrogen-bond acceptors (Lipinski definition) is 3. The summed E-state index contributed by atoms with van der Waals surface area (Å²) in [6.45, 7) is 5.82. The number of likely N-dealkylation sites (N-methyl/N-ethyl adjacent to an activating group) is 1. The van der Waals surface area contributed by atoms with Gasteiger partial charge in [-0.1, -0.05) is 13.8 Å². The zero-order valence-electron chi connectivity index (χ0n) is 11.2. The average Bonchev–Trinajstić information content (AvgIpc) is 2.87. The van der Waals surface area contributed by atoms with E-state index in [1.807, 2.05) is 6.92 Å². The van der Waals surface area contributed by atoms with Gasteiger partial charge < -0.3 is 15.3 Å². The highest BCUT2D eigenvalue weighted by molar-refractivity contribution is 5.93. The quantitative estimate of drug-likeness (QED) is 0.721. The highest BCUT2D eigenvalue weighted by atomic mass is 16.4. The lowest BCUT2D eigenvalue weighted by atomic mass is 10.1. The number of carboxylic acids is 1. The Morgan fingerprint density at radius 3 is 2.22 bits per heavy atom. The molecule has 0 aliphatic heterocycles. The van der Waals surface area contributed by atoms with Gasteiger partial charge in [0, 0.05) is 13.6 Å². The van der Waals surface area contributed by atoms with Crippen LogP contribution in [-0.2, 0) is 14.4 Å². The molecule has 2 amide bonds. The molecule has 0 spiro atoms. The predicted molar refractivity (Wildman–Crippen MR) is 64.7 cm³/mol. The molecule has 6 nitrogen and oxygen atoms in total. The molecular weight excluding hydrogens is 236 g/mol. The summed E-state index contributed by atoms with van der Waals surface area (Å²) in [5.74, 6) is -2.70. The molecule has 0 aromatic rings. The SMILES string of the molecule is CCN(C)C(=O)CNC(=O)C1C(C(=O)O)C1(C)C. The number of amides is 2. The van der Waals surface area contributed by atoms with Gasteiger partial charge in [-0.05, 0) is 12.3 Å². The van der Waals surface area contributed by atoms with Crippen molar-refractivity contribution in [1.29, 1.82) is 0 Å². The molecule has 2 unspecified atom stereocenters. The van der Waals surface area contributed by atoms with Crippen molar-refractivity contribution >= 4 is 17.8 Å². The second-order valence-electron chi connectivity index (χ2n) is 5.24. The minimum Gasteiger partial charge on any atom is -0.481 e. The average molecular weight is 256 g/mol. The summed E-state index contributed by atoms with van der Waals surface area (Å²) < 4.78 is 0. The fraction of sp³-hybridized carbons (Fsp3) is 0.750. The molecule has 102 valence electrons. The van der Waals surface area contributed by atoms with Crippen LogP contribution >= 0.6 is 0 Å². The molecule has 0 heterocycles. The van der Waals surface area contributed by atoms with Crippen LogP contribution in [0.2, 0.25) is 0 Å². The first-order valence-electron chi connectivity index (χ1n) is 5.98. The van der Waals surface area contributed by atoms with Crippen LogP contribution in [0.4, 0.5) is 0 Å². The molecule has 0 saturated heterocycles. The lowest BCUT2D eigenvalue weighted by Crippen LogP contribution is -2.39. The van der Waals surface area contributed by atoms with E-state index < -0.39 is 23.2 Å². The van der Waals surface area contributed by atoms with Crippen molar-refractivity contribution < 1.29 is 19.5 Å². The molecule has 1 rings (SSSR count). The number of aliphatic carboxylic acids is 1. The second kappa shape index (κ2) is 4.96. The Balaban J connectivity index is 2.49. The molecule has 18 heavy (non-hydrogen) atoms. The zero-order valence-corrected chi connectivity index (χ0v) is 11.2. The summed E-state index contributed by atoms with van der Waals surface area (Å²) in [4.78, 5) is 35.7. The second-order valence-corrected chi connectivity index (χ2v) is 5.24. The summed E-state index contributed by atoms with van der Waals surface area (Å²) in [7, 11) is 1.65. The lowest BCUT2D eigenvalue weighted by Gasteiger charge is -2.14. The van der Waals surface area contributed by atoms with E-state index in [0.29, 0.717) is 6.54 Å². The van der Waals surface area contributed by atoms with Gasteiger partial charge in [0.1, 0.15) is 0 Å². The Kier molecular flexibility index (Phi) is 3.98. The van der Waals surface area contributed by atoms with Gasteiger partial charge in [0.15, 0.2) is 0 Å². The Labute approximate surface area is 106 Å². The standard InChI is InChI=1S/C12H20N2O4/c1-5-14(4)7(15)6-13-10(16)8-9(11(17)18)12(8,2)3/h8-9H,5-6H2,1-4H3,(H,13,16)(H,17,18). The first-order valence-corrected chi connectivity index (χ1v) is 5.98. The molecule has 1 aliphatic carbocycles. The third-order valence-corrected chi connectivity index (χ3v) is 3.69. The van der Waals surface area contributed by atoms with Crippen molar-refractivity contribution in [2.45, 2.75) is 20.8 Å². The summed E-state index contributed by atoms with van der Waals surface area (Å²) >= 11 is 0. The molecule has 0 aromatic carbocycles. The van der Waals surface area contributed by atoms with Crippen LogP contribution in [0.25, 0.3) is 0 Å². The van der Waals surface area contributed by atoms with Crippen LogP contribution in [-0.4, -0.2) is 47.9 Å². The molecule has 6 heteroatoms. The van der Waals surface area contributed by atoms with Crippen molar-refractivity contribution in [2.24, 2.45) is 17.3 Å². The number of carboxylic acid groups (broad SMARTS) is 1. The van der Waals surface area contributed by atoms with E-state index in [1.165, 1.54) is 4.90 Å². The number of hydrogen-bond donors (Lipinski definition) is 2. The van der Waals surface area contributed by atoms with Crippen LogP contribution in [0.5, 0.6) is 0 Å². The summed E-state index contributed by atoms with van der Waals surface area (Å²) in [6, 6.07) is 0. The van der Waals surface area contributed by atoms with E-state index in [4.69, 9.17) is 5.11 Å². The third-order valence-electron chi connectivity index (χ3n) is 3.69. The molecule has 1 fully saturated rings. The van der Waals surface area contributed by atoms with Gasteiger partial charge in [-0.25, -0.2) is 0 Å². The summed E-state index contributed by atoms with van der Waals surface area (Å²) in [5, 5.41) is 11.5. The number of carbonyl (C=O) groups excluding carboxylic acids is 2. The molecule has 0 radical (unpaired) electrons. The largest absolute Gasteiger partial charge is 0.481 e. The van der Waals surface area contributed by atoms with E-state index in [2.05, 4.69) is 5.32 Å². The first-order chi connectivity index (χ1) is 8.23. The predicted octanol–water partition coefficient (Wildman–Crippen LogP) is -0.0623. The van der Waals surface area contributed by atoms with Gasteiger partial charge in [0.25, 0.3) is 0 Å². The topological polar surface area (TPSA) is 86.7 Å². The zero-order chi connectivity index (χ0) is 14.1. The van der Waals surface area contributed by atoms with E-state index in [-0.39, 0.29) is 18.4 Å². The van der Waals surface area contributed by atoms with Gasteiger partial charge in [-0.2, -0.15) is 0 Å². The highest BCUT2D eigenvalue weighted by Crippen LogP contribution is 2.58. The minimum atomic E-state index is -0.961. The van der Waals surface area contributed by atoms with E-state index >= 15 is 0 Å². The smallest absolute Gasteiger partial charge is 0.307 e. The van der Waals surface area contributed by atoms with Crippen LogP contribution in [0.1, 0.15) is 20.8 Å². The van der Waals surface area contributed by atoms with Gasteiger partial charge in [0.2, 0.25) is 11.8 Å². The lowest BCUT2D eigenvalue weighted by molar-refractivity contribution is -0.140. The van der Waals surface area contributed by atoms with Gasteiger partial charge >= 0.3 is 5.97 Å². The number of nitrogens with zero attached hydrogens (tertiary/aromatic N) is 1. The van der Waals surface area contributed by atoms with E-state index in [1.54, 1.807) is 20.9 Å². The van der Waals surface area contributed by atoms with Crippen molar-refractivity contribution in [2.75, 3.05) is 20.1 Å². The monoisotopic (exact) mass is 256 g/mol. The maximum atomic E-state index is 11.8. The third kappa shape index (κ3) is 2.63. The van der Waals surface area contributed by atoms with Crippen molar-refractivity contribution in [3.05, 3.63) is 0 Å². The highest BCUT2D eigenvalue weighted by Gasteiger charge is 2.65. The van der Waals surface area contributed by atoms with Crippen molar-refractivity contribution in [3.8, 4) is 0 Å². The van der Waals surface area contributed by atoms with Crippen LogP contribution < -0.4 is 5.32 Å². The molecule has 1 saturated carbocycles. The molecule has 1 aliphatic rings. The first kappa shape index (κ1) is 14.5. The van der Waals surface area contributed by atoms with E-state index in [0.717, 1.165) is 0 Å². The molecule has 2 N–H and O–H groups in total. The number of nitrogens with one attached hydrogen (secondary N) is 1. The Morgan fingerprint density at radius 2 is 1.83 bits per heavy atom. The number of rotatable bonds is 5. The minimum absolute atomic E-state index is 0.0813. The fourth-order valence-corrected chi connectivity index (χ4v) is 2.17. The fourth-order valence-electron chi connectivity index (χ4n) is 2.17. The van der Waals surface area contributed by atoms with E-state index in [9.17, 15) is 14.4 Å². The summed E-state index contributed by atoms with van der Waals surface area (Å²) in [6.07, 6.45) is 0. The van der Waals surface area contributed by atoms with Crippen LogP contribution in [0, 0.1) is 17.3 Å². The van der Waals surface area contributed by atoms with Crippen LogP contribution in [0.3, 0.4) is 0 Å². The van der Waals surface area contributed by atoms with Crippen molar-refractivity contribution in [1.82, 2.24) is 10.2 Å². The number of carbonyl (C=O) groups is 3. The molecule has 2 atom stereocenters. The van der Waals surface area contributed by atoms with Gasteiger partial charge in [0.05, 0.1) is 18.4 Å². The summed E-state index contributed by atoms with van der Waals surface area (Å²) in [5.41, 5.74) is -0.532. The maximum Gasteiger partial charge on any atom is 0.307 e. The molecule has 0 bridgehead atoms. The van der Waals surface area contributed by atoms with Crippen LogP contribution in [0.15, 0.2) is 0 Å². The maximum absolute atomic E-state index is 11.8. The Hall–Kier alpha value is -1.59. The molecular formula is C12H20N2O4. The van der Waals surface area contributed by atoms with Crippen molar-refractivity contribution in [3.63, 3.8) is 0 Å². The molecule has 0 aromatic heterocycles. The van der Waals surface area contributed by atoms with Gasteiger partial charge in [-0.15, -0.1) is 0 Å². The normalized spacial score (nSPS) is 24.2. The van der Waals surface area contributed by atoms with Gasteiger partial charge in [-0.3, -0.25) is 14.4 Å². The Bertz CT molecular complexity index is 378. The Morgan fingerprint density at radius 1 is 1.28 bits per heavy atom.